The summed E-state index contributed by atoms with van der Waals surface area (Å²) in [6.07, 6.45) is 2.01. The average molecular weight is 333 g/mol. The Morgan fingerprint density at radius 2 is 2.12 bits per heavy atom. The van der Waals surface area contributed by atoms with Crippen molar-refractivity contribution < 1.29 is 18.8 Å². The first-order valence-electron chi connectivity index (χ1n) is 8.00. The first kappa shape index (κ1) is 17.8. The predicted octanol–water partition coefficient (Wildman–Crippen LogP) is 1.10. The molecule has 7 heteroatoms. The van der Waals surface area contributed by atoms with Crippen molar-refractivity contribution in [1.29, 1.82) is 0 Å². The van der Waals surface area contributed by atoms with Gasteiger partial charge >= 0.3 is 0 Å². The molecule has 0 aliphatic carbocycles. The molecule has 0 saturated carbocycles. The summed E-state index contributed by atoms with van der Waals surface area (Å²) in [6.45, 7) is 8.06. The fourth-order valence-electron chi connectivity index (χ4n) is 2.50. The molecule has 130 valence electrons. The Kier molecular flexibility index (Phi) is 5.78. The molecule has 1 aliphatic rings. The summed E-state index contributed by atoms with van der Waals surface area (Å²) in [5, 5.41) is 2.82. The molecule has 0 spiro atoms. The minimum atomic E-state index is -0.251. The zero-order valence-electron chi connectivity index (χ0n) is 14.1. The maximum Gasteiger partial charge on any atom is 0.248 e. The topological polar surface area (TPSA) is 82.9 Å². The standard InChI is InChI=1S/C17H23N3O4/c1-4-15(22)19-9-10-20(16(23)11-19)17-8-6-13(24-17)5-7-14(21)18-12(2)3/h4,6,8,12H,1,5,7,9-11H2,2-3H3,(H,18,21). The van der Waals surface area contributed by atoms with Gasteiger partial charge in [-0.05, 0) is 26.0 Å². The van der Waals surface area contributed by atoms with Crippen LogP contribution in [0.1, 0.15) is 26.0 Å². The van der Waals surface area contributed by atoms with Gasteiger partial charge in [0.15, 0.2) is 0 Å². The highest BCUT2D eigenvalue weighted by atomic mass is 16.4. The number of anilines is 1. The fraction of sp³-hybridized carbons (Fsp3) is 0.471. The smallest absolute Gasteiger partial charge is 0.248 e. The lowest BCUT2D eigenvalue weighted by Gasteiger charge is -2.32. The normalized spacial score (nSPS) is 14.9. The number of piperazine rings is 1. The summed E-state index contributed by atoms with van der Waals surface area (Å²) < 4.78 is 5.67. The molecule has 0 atom stereocenters. The van der Waals surface area contributed by atoms with Crippen molar-refractivity contribution in [3.63, 3.8) is 0 Å². The van der Waals surface area contributed by atoms with Gasteiger partial charge in [-0.3, -0.25) is 19.3 Å². The summed E-state index contributed by atoms with van der Waals surface area (Å²) in [4.78, 5) is 38.4. The number of carbonyl (C=O) groups is 3. The van der Waals surface area contributed by atoms with Crippen LogP contribution in [0, 0.1) is 0 Å². The lowest BCUT2D eigenvalue weighted by molar-refractivity contribution is -0.133. The number of hydrogen-bond donors (Lipinski definition) is 1. The van der Waals surface area contributed by atoms with Crippen molar-refractivity contribution in [3.05, 3.63) is 30.5 Å². The van der Waals surface area contributed by atoms with Gasteiger partial charge in [0.05, 0.1) is 0 Å². The van der Waals surface area contributed by atoms with E-state index in [9.17, 15) is 14.4 Å². The molecule has 1 aromatic rings. The minimum Gasteiger partial charge on any atom is -0.445 e. The van der Waals surface area contributed by atoms with Crippen LogP contribution in [-0.4, -0.2) is 48.3 Å². The average Bonchev–Trinajstić information content (AvgIpc) is 3.00. The molecule has 1 aliphatic heterocycles. The number of amides is 3. The molecule has 0 radical (unpaired) electrons. The van der Waals surface area contributed by atoms with Crippen LogP contribution >= 0.6 is 0 Å². The molecule has 7 nitrogen and oxygen atoms in total. The van der Waals surface area contributed by atoms with Gasteiger partial charge in [-0.1, -0.05) is 6.58 Å². The molecule has 3 amide bonds. The van der Waals surface area contributed by atoms with Gasteiger partial charge in [-0.25, -0.2) is 0 Å². The Morgan fingerprint density at radius 3 is 2.75 bits per heavy atom. The van der Waals surface area contributed by atoms with Crippen molar-refractivity contribution in [2.24, 2.45) is 0 Å². The molecule has 0 unspecified atom stereocenters. The number of hydrogen-bond acceptors (Lipinski definition) is 4. The predicted molar refractivity (Wildman–Crippen MR) is 89.4 cm³/mol. The number of aryl methyl sites for hydroxylation is 1. The molecule has 1 N–H and O–H groups in total. The minimum absolute atomic E-state index is 0.0116. The molecule has 1 saturated heterocycles. The third kappa shape index (κ3) is 4.47. The van der Waals surface area contributed by atoms with E-state index >= 15 is 0 Å². The van der Waals surface area contributed by atoms with Crippen molar-refractivity contribution >= 4 is 23.6 Å². The molecule has 1 aromatic heterocycles. The quantitative estimate of drug-likeness (QED) is 0.790. The molecule has 24 heavy (non-hydrogen) atoms. The molecule has 1 fully saturated rings. The molecular weight excluding hydrogens is 310 g/mol. The van der Waals surface area contributed by atoms with Crippen LogP contribution in [-0.2, 0) is 20.8 Å². The molecule has 0 bridgehead atoms. The zero-order chi connectivity index (χ0) is 17.7. The maximum absolute atomic E-state index is 12.2. The molecular formula is C17H23N3O4. The van der Waals surface area contributed by atoms with Gasteiger partial charge in [0.2, 0.25) is 23.6 Å². The zero-order valence-corrected chi connectivity index (χ0v) is 14.1. The first-order valence-corrected chi connectivity index (χ1v) is 8.00. The van der Waals surface area contributed by atoms with Crippen LogP contribution < -0.4 is 10.2 Å². The van der Waals surface area contributed by atoms with Crippen LogP contribution in [0.25, 0.3) is 0 Å². The van der Waals surface area contributed by atoms with Crippen molar-refractivity contribution in [1.82, 2.24) is 10.2 Å². The highest BCUT2D eigenvalue weighted by molar-refractivity contribution is 5.98. The number of furan rings is 1. The van der Waals surface area contributed by atoms with Gasteiger partial charge in [0.25, 0.3) is 0 Å². The maximum atomic E-state index is 12.2. The van der Waals surface area contributed by atoms with E-state index in [0.717, 1.165) is 0 Å². The van der Waals surface area contributed by atoms with Crippen LogP contribution in [0.5, 0.6) is 0 Å². The van der Waals surface area contributed by atoms with Crippen LogP contribution in [0.15, 0.2) is 29.2 Å². The number of rotatable bonds is 6. The fourth-order valence-corrected chi connectivity index (χ4v) is 2.50. The Morgan fingerprint density at radius 1 is 1.38 bits per heavy atom. The van der Waals surface area contributed by atoms with Gasteiger partial charge in [0, 0.05) is 38.0 Å². The van der Waals surface area contributed by atoms with E-state index < -0.39 is 0 Å². The van der Waals surface area contributed by atoms with Gasteiger partial charge in [-0.15, -0.1) is 0 Å². The third-order valence-corrected chi connectivity index (χ3v) is 3.67. The lowest BCUT2D eigenvalue weighted by Crippen LogP contribution is -2.52. The molecule has 0 aromatic carbocycles. The second-order valence-electron chi connectivity index (χ2n) is 5.97. The number of nitrogens with zero attached hydrogens (tertiary/aromatic N) is 2. The molecule has 2 heterocycles. The van der Waals surface area contributed by atoms with E-state index in [1.165, 1.54) is 15.9 Å². The number of nitrogens with one attached hydrogen (secondary N) is 1. The number of carbonyl (C=O) groups excluding carboxylic acids is 3. The van der Waals surface area contributed by atoms with E-state index in [0.29, 0.717) is 37.6 Å². The summed E-state index contributed by atoms with van der Waals surface area (Å²) in [7, 11) is 0. The summed E-state index contributed by atoms with van der Waals surface area (Å²) >= 11 is 0. The summed E-state index contributed by atoms with van der Waals surface area (Å²) in [6, 6.07) is 3.60. The van der Waals surface area contributed by atoms with Crippen LogP contribution in [0.2, 0.25) is 0 Å². The van der Waals surface area contributed by atoms with E-state index in [1.807, 2.05) is 13.8 Å². The second kappa shape index (κ2) is 7.81. The Balaban J connectivity index is 1.91. The van der Waals surface area contributed by atoms with Crippen molar-refractivity contribution in [2.45, 2.75) is 32.7 Å². The lowest BCUT2D eigenvalue weighted by atomic mass is 10.2. The molecule has 2 rings (SSSR count). The van der Waals surface area contributed by atoms with Gasteiger partial charge in [-0.2, -0.15) is 0 Å². The highest BCUT2D eigenvalue weighted by Gasteiger charge is 2.28. The summed E-state index contributed by atoms with van der Waals surface area (Å²) in [5.74, 6) is 0.621. The van der Waals surface area contributed by atoms with E-state index in [-0.39, 0.29) is 30.3 Å². The van der Waals surface area contributed by atoms with Crippen LogP contribution in [0.3, 0.4) is 0 Å². The van der Waals surface area contributed by atoms with E-state index in [4.69, 9.17) is 4.42 Å². The van der Waals surface area contributed by atoms with Gasteiger partial charge < -0.3 is 14.6 Å². The Bertz CT molecular complexity index is 636. The SMILES string of the molecule is C=CC(=O)N1CCN(c2ccc(CCC(=O)NC(C)C)o2)C(=O)C1. The van der Waals surface area contributed by atoms with Gasteiger partial charge in [0.1, 0.15) is 12.3 Å². The largest absolute Gasteiger partial charge is 0.445 e. The van der Waals surface area contributed by atoms with E-state index in [2.05, 4.69) is 11.9 Å². The Labute approximate surface area is 141 Å². The van der Waals surface area contributed by atoms with E-state index in [1.54, 1.807) is 12.1 Å². The van der Waals surface area contributed by atoms with Crippen molar-refractivity contribution in [3.8, 4) is 0 Å². The van der Waals surface area contributed by atoms with Crippen molar-refractivity contribution in [2.75, 3.05) is 24.5 Å². The second-order valence-corrected chi connectivity index (χ2v) is 5.97. The van der Waals surface area contributed by atoms with Crippen LogP contribution in [0.4, 0.5) is 5.88 Å². The first-order chi connectivity index (χ1) is 11.4. The third-order valence-electron chi connectivity index (χ3n) is 3.67. The summed E-state index contributed by atoms with van der Waals surface area (Å²) in [5.41, 5.74) is 0. The Hall–Kier alpha value is -2.57. The highest BCUT2D eigenvalue weighted by Crippen LogP contribution is 2.21. The monoisotopic (exact) mass is 333 g/mol.